The average Bonchev–Trinajstić information content (AvgIpc) is 2.25. The van der Waals surface area contributed by atoms with E-state index in [0.29, 0.717) is 12.1 Å². The molecule has 0 aliphatic heterocycles. The minimum Gasteiger partial charge on any atom is -0.381 e. The standard InChI is InChI=1S/C12H26N2OS/c1-5-10(8-16-4)14(2)12(9-13)6-11(7-12)15-3/h10-11H,5-9,13H2,1-4H3. The molecule has 1 rings (SSSR count). The summed E-state index contributed by atoms with van der Waals surface area (Å²) in [6, 6.07) is 0.636. The summed E-state index contributed by atoms with van der Waals surface area (Å²) in [4.78, 5) is 2.50. The Labute approximate surface area is 104 Å². The van der Waals surface area contributed by atoms with Crippen LogP contribution >= 0.6 is 11.8 Å². The van der Waals surface area contributed by atoms with Crippen LogP contribution in [0.15, 0.2) is 0 Å². The summed E-state index contributed by atoms with van der Waals surface area (Å²) >= 11 is 1.92. The van der Waals surface area contributed by atoms with E-state index in [-0.39, 0.29) is 5.54 Å². The molecule has 3 nitrogen and oxygen atoms in total. The number of nitrogens with two attached hydrogens (primary N) is 1. The molecule has 2 N–H and O–H groups in total. The summed E-state index contributed by atoms with van der Waals surface area (Å²) in [6.45, 7) is 3.00. The van der Waals surface area contributed by atoms with Gasteiger partial charge in [0.1, 0.15) is 0 Å². The van der Waals surface area contributed by atoms with E-state index in [2.05, 4.69) is 25.1 Å². The molecule has 0 radical (unpaired) electrons. The molecule has 0 heterocycles. The lowest BCUT2D eigenvalue weighted by Gasteiger charge is -2.54. The molecule has 1 unspecified atom stereocenters. The van der Waals surface area contributed by atoms with Crippen LogP contribution in [-0.2, 0) is 4.74 Å². The van der Waals surface area contributed by atoms with Gasteiger partial charge in [-0.05, 0) is 32.6 Å². The van der Waals surface area contributed by atoms with Crippen LogP contribution in [0.1, 0.15) is 26.2 Å². The molecular formula is C12H26N2OS. The van der Waals surface area contributed by atoms with Crippen LogP contribution < -0.4 is 5.73 Å². The second-order valence-electron chi connectivity index (χ2n) is 4.82. The number of hydrogen-bond acceptors (Lipinski definition) is 4. The van der Waals surface area contributed by atoms with Gasteiger partial charge in [-0.3, -0.25) is 4.90 Å². The van der Waals surface area contributed by atoms with Crippen LogP contribution in [0.5, 0.6) is 0 Å². The molecular weight excluding hydrogens is 220 g/mol. The van der Waals surface area contributed by atoms with Crippen molar-refractivity contribution < 1.29 is 4.74 Å². The van der Waals surface area contributed by atoms with Crippen molar-refractivity contribution in [3.8, 4) is 0 Å². The third-order valence-electron chi connectivity index (χ3n) is 4.05. The molecule has 0 aromatic rings. The first-order chi connectivity index (χ1) is 7.63. The molecule has 0 spiro atoms. The van der Waals surface area contributed by atoms with Crippen LogP contribution in [0, 0.1) is 0 Å². The molecule has 0 aromatic heterocycles. The van der Waals surface area contributed by atoms with Crippen molar-refractivity contribution in [2.75, 3.05) is 32.7 Å². The van der Waals surface area contributed by atoms with Crippen LogP contribution in [0.25, 0.3) is 0 Å². The van der Waals surface area contributed by atoms with E-state index in [1.165, 1.54) is 12.2 Å². The lowest BCUT2D eigenvalue weighted by Crippen LogP contribution is -2.65. The lowest BCUT2D eigenvalue weighted by molar-refractivity contribution is -0.0894. The second-order valence-corrected chi connectivity index (χ2v) is 5.73. The first-order valence-corrected chi connectivity index (χ1v) is 7.47. The maximum atomic E-state index is 5.97. The molecule has 0 aromatic carbocycles. The fraction of sp³-hybridized carbons (Fsp3) is 1.00. The summed E-state index contributed by atoms with van der Waals surface area (Å²) in [7, 11) is 4.02. The number of hydrogen-bond donors (Lipinski definition) is 1. The summed E-state index contributed by atoms with van der Waals surface area (Å²) in [5.74, 6) is 1.19. The van der Waals surface area contributed by atoms with E-state index in [1.807, 2.05) is 11.8 Å². The normalized spacial score (nSPS) is 31.5. The van der Waals surface area contributed by atoms with Gasteiger partial charge in [0.25, 0.3) is 0 Å². The summed E-state index contributed by atoms with van der Waals surface area (Å²) in [5.41, 5.74) is 6.16. The highest BCUT2D eigenvalue weighted by Crippen LogP contribution is 2.39. The van der Waals surface area contributed by atoms with Crippen LogP contribution in [0.2, 0.25) is 0 Å². The first-order valence-electron chi connectivity index (χ1n) is 6.08. The van der Waals surface area contributed by atoms with Crippen LogP contribution in [0.3, 0.4) is 0 Å². The topological polar surface area (TPSA) is 38.5 Å². The molecule has 1 aliphatic carbocycles. The van der Waals surface area contributed by atoms with Crippen LogP contribution in [0.4, 0.5) is 0 Å². The number of likely N-dealkylation sites (N-methyl/N-ethyl adjacent to an activating group) is 1. The Bertz CT molecular complexity index is 207. The van der Waals surface area contributed by atoms with Crippen molar-refractivity contribution >= 4 is 11.8 Å². The van der Waals surface area contributed by atoms with E-state index < -0.39 is 0 Å². The molecule has 16 heavy (non-hydrogen) atoms. The molecule has 1 atom stereocenters. The summed E-state index contributed by atoms with van der Waals surface area (Å²) in [5, 5.41) is 0. The Kier molecular flexibility index (Phi) is 5.57. The van der Waals surface area contributed by atoms with Crippen molar-refractivity contribution in [1.29, 1.82) is 0 Å². The highest BCUT2D eigenvalue weighted by molar-refractivity contribution is 7.98. The lowest BCUT2D eigenvalue weighted by atomic mass is 9.72. The minimum atomic E-state index is 0.192. The molecule has 96 valence electrons. The van der Waals surface area contributed by atoms with Gasteiger partial charge in [-0.15, -0.1) is 0 Å². The largest absolute Gasteiger partial charge is 0.381 e. The third-order valence-corrected chi connectivity index (χ3v) is 4.77. The fourth-order valence-corrected chi connectivity index (χ4v) is 3.48. The van der Waals surface area contributed by atoms with Crippen molar-refractivity contribution in [3.63, 3.8) is 0 Å². The fourth-order valence-electron chi connectivity index (χ4n) is 2.64. The number of ether oxygens (including phenoxy) is 1. The minimum absolute atomic E-state index is 0.192. The van der Waals surface area contributed by atoms with Gasteiger partial charge in [0, 0.05) is 31.0 Å². The molecule has 1 aliphatic rings. The molecule has 0 bridgehead atoms. The zero-order chi connectivity index (χ0) is 12.2. The Morgan fingerprint density at radius 2 is 2.19 bits per heavy atom. The number of rotatable bonds is 7. The smallest absolute Gasteiger partial charge is 0.0607 e. The summed E-state index contributed by atoms with van der Waals surface area (Å²) < 4.78 is 5.38. The van der Waals surface area contributed by atoms with E-state index in [1.54, 1.807) is 7.11 Å². The van der Waals surface area contributed by atoms with E-state index in [9.17, 15) is 0 Å². The highest BCUT2D eigenvalue weighted by atomic mass is 32.2. The van der Waals surface area contributed by atoms with Crippen molar-refractivity contribution in [1.82, 2.24) is 4.90 Å². The predicted octanol–water partition coefficient (Wildman–Crippen LogP) is 1.57. The van der Waals surface area contributed by atoms with Crippen molar-refractivity contribution in [3.05, 3.63) is 0 Å². The molecule has 0 saturated heterocycles. The maximum Gasteiger partial charge on any atom is 0.0607 e. The molecule has 4 heteroatoms. The SMILES string of the molecule is CCC(CSC)N(C)C1(CN)CC(OC)C1. The van der Waals surface area contributed by atoms with Gasteiger partial charge < -0.3 is 10.5 Å². The summed E-state index contributed by atoms with van der Waals surface area (Å²) in [6.07, 6.45) is 5.95. The molecule has 1 fully saturated rings. The third kappa shape index (κ3) is 2.73. The molecule has 0 amide bonds. The Balaban J connectivity index is 2.59. The Morgan fingerprint density at radius 3 is 2.56 bits per heavy atom. The van der Waals surface area contributed by atoms with Gasteiger partial charge in [0.2, 0.25) is 0 Å². The first kappa shape index (κ1) is 14.3. The molecule has 1 saturated carbocycles. The average molecular weight is 246 g/mol. The zero-order valence-electron chi connectivity index (χ0n) is 11.0. The van der Waals surface area contributed by atoms with Crippen molar-refractivity contribution in [2.45, 2.75) is 43.9 Å². The van der Waals surface area contributed by atoms with Crippen LogP contribution in [-0.4, -0.2) is 55.3 Å². The van der Waals surface area contributed by atoms with Crippen molar-refractivity contribution in [2.24, 2.45) is 5.73 Å². The number of nitrogens with zero attached hydrogens (tertiary/aromatic N) is 1. The van der Waals surface area contributed by atoms with E-state index in [4.69, 9.17) is 10.5 Å². The Morgan fingerprint density at radius 1 is 1.56 bits per heavy atom. The predicted molar refractivity (Wildman–Crippen MR) is 72.0 cm³/mol. The maximum absolute atomic E-state index is 5.97. The van der Waals surface area contributed by atoms with Gasteiger partial charge in [-0.1, -0.05) is 6.92 Å². The number of thioether (sulfide) groups is 1. The van der Waals surface area contributed by atoms with Gasteiger partial charge in [0.05, 0.1) is 6.10 Å². The van der Waals surface area contributed by atoms with E-state index in [0.717, 1.165) is 19.4 Å². The van der Waals surface area contributed by atoms with Gasteiger partial charge in [-0.2, -0.15) is 11.8 Å². The van der Waals surface area contributed by atoms with Gasteiger partial charge in [-0.25, -0.2) is 0 Å². The quantitative estimate of drug-likeness (QED) is 0.740. The number of methoxy groups -OCH3 is 1. The zero-order valence-corrected chi connectivity index (χ0v) is 11.8. The second kappa shape index (κ2) is 6.24. The monoisotopic (exact) mass is 246 g/mol. The Hall–Kier alpha value is 0.230. The van der Waals surface area contributed by atoms with Gasteiger partial charge in [0.15, 0.2) is 0 Å². The highest BCUT2D eigenvalue weighted by Gasteiger charge is 2.47. The van der Waals surface area contributed by atoms with E-state index >= 15 is 0 Å². The van der Waals surface area contributed by atoms with Gasteiger partial charge >= 0.3 is 0 Å².